The predicted octanol–water partition coefficient (Wildman–Crippen LogP) is 2.43. The lowest BCUT2D eigenvalue weighted by Crippen LogP contribution is -2.54. The summed E-state index contributed by atoms with van der Waals surface area (Å²) in [5.74, 6) is -3.92. The molecule has 1 N–H and O–H groups in total. The van der Waals surface area contributed by atoms with E-state index in [2.05, 4.69) is 5.32 Å². The number of carbonyl (C=O) groups is 4. The number of benzene rings is 2. The number of nitrogens with zero attached hydrogens (tertiary/aromatic N) is 2. The van der Waals surface area contributed by atoms with Crippen molar-refractivity contribution in [2.75, 3.05) is 23.4 Å². The first-order valence-electron chi connectivity index (χ1n) is 11.4. The number of rotatable bonds is 3. The van der Waals surface area contributed by atoms with Crippen molar-refractivity contribution in [3.05, 3.63) is 59.4 Å². The van der Waals surface area contributed by atoms with Crippen LogP contribution in [0.15, 0.2) is 42.5 Å². The van der Waals surface area contributed by atoms with Gasteiger partial charge in [-0.25, -0.2) is 14.1 Å². The minimum atomic E-state index is -1.42. The number of amides is 3. The van der Waals surface area contributed by atoms with Gasteiger partial charge in [0.1, 0.15) is 11.4 Å². The Labute approximate surface area is 194 Å². The molecule has 9 heteroatoms. The number of halogens is 1. The molecule has 4 atom stereocenters. The van der Waals surface area contributed by atoms with Crippen molar-refractivity contribution in [1.29, 1.82) is 0 Å². The minimum absolute atomic E-state index is 0.233. The number of anilines is 2. The van der Waals surface area contributed by atoms with Gasteiger partial charge in [0, 0.05) is 17.3 Å². The molecule has 4 aliphatic heterocycles. The van der Waals surface area contributed by atoms with Gasteiger partial charge in [-0.2, -0.15) is 0 Å². The van der Waals surface area contributed by atoms with E-state index < -0.39 is 41.0 Å². The van der Waals surface area contributed by atoms with Crippen molar-refractivity contribution in [2.24, 2.45) is 11.8 Å². The first-order valence-corrected chi connectivity index (χ1v) is 11.4. The van der Waals surface area contributed by atoms with E-state index in [9.17, 15) is 23.6 Å². The third kappa shape index (κ3) is 2.50. The minimum Gasteiger partial charge on any atom is -0.462 e. The zero-order valence-electron chi connectivity index (χ0n) is 18.4. The largest absolute Gasteiger partial charge is 0.462 e. The maximum absolute atomic E-state index is 14.3. The van der Waals surface area contributed by atoms with E-state index in [0.717, 1.165) is 11.3 Å². The molecule has 3 fully saturated rings. The fourth-order valence-corrected chi connectivity index (χ4v) is 6.39. The average Bonchev–Trinajstić information content (AvgIpc) is 3.53. The Balaban J connectivity index is 1.45. The summed E-state index contributed by atoms with van der Waals surface area (Å²) in [5, 5.41) is 2.82. The van der Waals surface area contributed by atoms with Gasteiger partial charge in [-0.05, 0) is 68.8 Å². The highest BCUT2D eigenvalue weighted by atomic mass is 19.1. The van der Waals surface area contributed by atoms with Crippen LogP contribution in [0, 0.1) is 17.7 Å². The molecule has 8 nitrogen and oxygen atoms in total. The van der Waals surface area contributed by atoms with E-state index in [1.54, 1.807) is 6.92 Å². The van der Waals surface area contributed by atoms with Crippen LogP contribution in [-0.4, -0.2) is 47.8 Å². The summed E-state index contributed by atoms with van der Waals surface area (Å²) >= 11 is 0. The maximum atomic E-state index is 14.3. The van der Waals surface area contributed by atoms with Crippen LogP contribution in [0.2, 0.25) is 0 Å². The zero-order chi connectivity index (χ0) is 23.8. The van der Waals surface area contributed by atoms with E-state index in [1.807, 2.05) is 4.90 Å². The second-order valence-corrected chi connectivity index (χ2v) is 9.10. The number of ether oxygens (including phenoxy) is 1. The maximum Gasteiger partial charge on any atom is 0.338 e. The van der Waals surface area contributed by atoms with Gasteiger partial charge in [0.25, 0.3) is 0 Å². The van der Waals surface area contributed by atoms with Gasteiger partial charge in [0.2, 0.25) is 17.7 Å². The van der Waals surface area contributed by atoms with Gasteiger partial charge >= 0.3 is 5.97 Å². The molecular formula is C25H22FN3O5. The topological polar surface area (TPSA) is 96.0 Å². The summed E-state index contributed by atoms with van der Waals surface area (Å²) in [6.45, 7) is 2.49. The quantitative estimate of drug-likeness (QED) is 0.555. The van der Waals surface area contributed by atoms with Crippen LogP contribution < -0.4 is 10.2 Å². The van der Waals surface area contributed by atoms with Gasteiger partial charge in [-0.1, -0.05) is 0 Å². The van der Waals surface area contributed by atoms with E-state index in [-0.39, 0.29) is 18.6 Å². The molecule has 0 aliphatic carbocycles. The summed E-state index contributed by atoms with van der Waals surface area (Å²) in [7, 11) is 0. The zero-order valence-corrected chi connectivity index (χ0v) is 18.4. The molecule has 3 amide bonds. The van der Waals surface area contributed by atoms with Gasteiger partial charge in [0.05, 0.1) is 29.7 Å². The van der Waals surface area contributed by atoms with Crippen molar-refractivity contribution < 1.29 is 28.3 Å². The molecule has 6 rings (SSSR count). The summed E-state index contributed by atoms with van der Waals surface area (Å²) in [6, 6.07) is 9.87. The number of nitrogens with one attached hydrogen (secondary N) is 1. The molecule has 0 radical (unpaired) electrons. The van der Waals surface area contributed by atoms with Gasteiger partial charge in [-0.15, -0.1) is 0 Å². The third-order valence-electron chi connectivity index (χ3n) is 7.59. The number of hydrogen-bond donors (Lipinski definition) is 1. The van der Waals surface area contributed by atoms with Crippen LogP contribution in [0.3, 0.4) is 0 Å². The molecule has 0 unspecified atom stereocenters. The fraction of sp³-hybridized carbons (Fsp3) is 0.360. The molecule has 34 heavy (non-hydrogen) atoms. The second kappa shape index (κ2) is 7.20. The summed E-state index contributed by atoms with van der Waals surface area (Å²) in [4.78, 5) is 56.1. The van der Waals surface area contributed by atoms with E-state index in [1.165, 1.54) is 42.5 Å². The molecule has 0 saturated carbocycles. The van der Waals surface area contributed by atoms with Crippen LogP contribution in [0.5, 0.6) is 0 Å². The highest BCUT2D eigenvalue weighted by Crippen LogP contribution is 2.60. The number of carbonyl (C=O) groups excluding carboxylic acids is 4. The lowest BCUT2D eigenvalue weighted by atomic mass is 9.75. The molecule has 0 bridgehead atoms. The Morgan fingerprint density at radius 2 is 1.91 bits per heavy atom. The van der Waals surface area contributed by atoms with Crippen molar-refractivity contribution in [2.45, 2.75) is 31.3 Å². The van der Waals surface area contributed by atoms with Gasteiger partial charge in [0.15, 0.2) is 0 Å². The highest BCUT2D eigenvalue weighted by Gasteiger charge is 2.74. The first kappa shape index (κ1) is 21.0. The monoisotopic (exact) mass is 463 g/mol. The second-order valence-electron chi connectivity index (χ2n) is 9.10. The molecule has 2 aromatic rings. The smallest absolute Gasteiger partial charge is 0.338 e. The summed E-state index contributed by atoms with van der Waals surface area (Å²) in [5.41, 5.74) is 0.0981. The fourth-order valence-electron chi connectivity index (χ4n) is 6.39. The molecular weight excluding hydrogens is 441 g/mol. The predicted molar refractivity (Wildman–Crippen MR) is 118 cm³/mol. The highest BCUT2D eigenvalue weighted by molar-refractivity contribution is 6.25. The van der Waals surface area contributed by atoms with E-state index in [4.69, 9.17) is 4.74 Å². The van der Waals surface area contributed by atoms with Crippen molar-refractivity contribution in [1.82, 2.24) is 4.90 Å². The van der Waals surface area contributed by atoms with Crippen molar-refractivity contribution in [3.8, 4) is 0 Å². The Morgan fingerprint density at radius 1 is 1.15 bits per heavy atom. The number of esters is 1. The van der Waals surface area contributed by atoms with E-state index in [0.29, 0.717) is 35.5 Å². The molecule has 0 aromatic heterocycles. The lowest BCUT2D eigenvalue weighted by molar-refractivity contribution is -0.135. The molecule has 174 valence electrons. The van der Waals surface area contributed by atoms with E-state index >= 15 is 0 Å². The molecule has 1 spiro atoms. The van der Waals surface area contributed by atoms with Crippen molar-refractivity contribution in [3.63, 3.8) is 0 Å². The Hall–Kier alpha value is -3.59. The van der Waals surface area contributed by atoms with Gasteiger partial charge < -0.3 is 10.1 Å². The van der Waals surface area contributed by atoms with Gasteiger partial charge in [-0.3, -0.25) is 19.3 Å². The SMILES string of the molecule is CCOC(=O)c1ccc(N2C(=O)[C@@H]3[C@@H]4CCCN4[C@@]4(C(=O)Nc5ccc(F)cc54)[C@H]3C2=O)cc1. The summed E-state index contributed by atoms with van der Waals surface area (Å²) in [6.07, 6.45) is 1.46. The number of hydrogen-bond acceptors (Lipinski definition) is 6. The van der Waals surface area contributed by atoms with Crippen LogP contribution >= 0.6 is 0 Å². The third-order valence-corrected chi connectivity index (χ3v) is 7.59. The standard InChI is InChI=1S/C25H22FN3O5/c1-2-34-23(32)13-5-8-15(9-6-13)29-21(30)19-18-4-3-11-28(18)25(20(19)22(29)31)16-12-14(26)7-10-17(16)27-24(25)33/h5-10,12,18-20H,2-4,11H2,1H3,(H,27,33)/t18-,19+,20+,25+/m0/s1. The molecule has 3 saturated heterocycles. The Morgan fingerprint density at radius 3 is 2.65 bits per heavy atom. The average molecular weight is 463 g/mol. The molecule has 4 heterocycles. The van der Waals surface area contributed by atoms with Crippen LogP contribution in [0.1, 0.15) is 35.7 Å². The Bertz CT molecular complexity index is 1260. The lowest BCUT2D eigenvalue weighted by Gasteiger charge is -2.36. The van der Waals surface area contributed by atoms with Crippen molar-refractivity contribution >= 4 is 35.1 Å². The van der Waals surface area contributed by atoms with Crippen LogP contribution in [0.4, 0.5) is 15.8 Å². The molecule has 4 aliphatic rings. The normalized spacial score (nSPS) is 29.4. The summed E-state index contributed by atoms with van der Waals surface area (Å²) < 4.78 is 19.3. The number of fused-ring (bicyclic) bond motifs is 7. The first-order chi connectivity index (χ1) is 16.4. The molecule has 2 aromatic carbocycles. The Kier molecular flexibility index (Phi) is 4.44. The number of imide groups is 1. The van der Waals surface area contributed by atoms with Crippen LogP contribution in [0.25, 0.3) is 0 Å². The van der Waals surface area contributed by atoms with Crippen LogP contribution in [-0.2, 0) is 24.7 Å².